The van der Waals surface area contributed by atoms with Gasteiger partial charge in [0.1, 0.15) is 0 Å². The summed E-state index contributed by atoms with van der Waals surface area (Å²) < 4.78 is 6.25. The highest BCUT2D eigenvalue weighted by atomic mass is 32.2. The number of nitrogens with one attached hydrogen (secondary N) is 1. The molecule has 1 aliphatic rings. The third-order valence-corrected chi connectivity index (χ3v) is 5.08. The number of thioether (sulfide) groups is 1. The number of benzene rings is 1. The summed E-state index contributed by atoms with van der Waals surface area (Å²) in [4.78, 5) is 1.31. The number of ether oxygens (including phenoxy) is 1. The van der Waals surface area contributed by atoms with E-state index in [1.807, 2.05) is 0 Å². The molecule has 0 saturated carbocycles. The van der Waals surface area contributed by atoms with Gasteiger partial charge < -0.3 is 10.1 Å². The molecule has 1 saturated heterocycles. The SMILES string of the molecule is CNC(c1ccc(SC)cc1)C1CC(C)(C)OC1(C)C. The molecule has 1 aromatic carbocycles. The van der Waals surface area contributed by atoms with E-state index in [1.165, 1.54) is 10.5 Å². The first-order chi connectivity index (χ1) is 9.29. The van der Waals surface area contributed by atoms with E-state index in [2.05, 4.69) is 70.6 Å². The van der Waals surface area contributed by atoms with Gasteiger partial charge in [0, 0.05) is 16.9 Å². The smallest absolute Gasteiger partial charge is 0.0681 e. The van der Waals surface area contributed by atoms with Crippen LogP contribution in [0.1, 0.15) is 45.7 Å². The molecule has 2 atom stereocenters. The van der Waals surface area contributed by atoms with Gasteiger partial charge in [0.2, 0.25) is 0 Å². The zero-order chi connectivity index (χ0) is 15.0. The number of hydrogen-bond donors (Lipinski definition) is 1. The molecule has 1 N–H and O–H groups in total. The molecule has 0 radical (unpaired) electrons. The second-order valence-electron chi connectivity index (χ2n) is 6.82. The Morgan fingerprint density at radius 2 is 1.80 bits per heavy atom. The van der Waals surface area contributed by atoms with Crippen molar-refractivity contribution in [2.45, 2.75) is 56.3 Å². The minimum absolute atomic E-state index is 0.0392. The molecule has 2 unspecified atom stereocenters. The molecular weight excluding hydrogens is 266 g/mol. The van der Waals surface area contributed by atoms with Crippen LogP contribution in [0.3, 0.4) is 0 Å². The lowest BCUT2D eigenvalue weighted by atomic mass is 9.79. The van der Waals surface area contributed by atoms with Crippen LogP contribution in [0.5, 0.6) is 0 Å². The van der Waals surface area contributed by atoms with Gasteiger partial charge in [-0.1, -0.05) is 12.1 Å². The monoisotopic (exact) mass is 293 g/mol. The third kappa shape index (κ3) is 3.21. The summed E-state index contributed by atoms with van der Waals surface area (Å²) in [6, 6.07) is 9.24. The van der Waals surface area contributed by atoms with Crippen LogP contribution in [0.2, 0.25) is 0 Å². The maximum Gasteiger partial charge on any atom is 0.0681 e. The van der Waals surface area contributed by atoms with Crippen LogP contribution in [0, 0.1) is 5.92 Å². The van der Waals surface area contributed by atoms with Crippen LogP contribution in [-0.2, 0) is 4.74 Å². The molecular formula is C17H27NOS. The highest BCUT2D eigenvalue weighted by Gasteiger charge is 2.48. The molecule has 1 aromatic rings. The Hall–Kier alpha value is -0.510. The summed E-state index contributed by atoms with van der Waals surface area (Å²) in [5, 5.41) is 3.50. The van der Waals surface area contributed by atoms with Crippen LogP contribution in [0.4, 0.5) is 0 Å². The lowest BCUT2D eigenvalue weighted by Gasteiger charge is -2.33. The fourth-order valence-corrected chi connectivity index (χ4v) is 3.94. The lowest BCUT2D eigenvalue weighted by molar-refractivity contribution is -0.0776. The van der Waals surface area contributed by atoms with Crippen LogP contribution in [0.15, 0.2) is 29.2 Å². The van der Waals surface area contributed by atoms with E-state index in [1.54, 1.807) is 11.8 Å². The van der Waals surface area contributed by atoms with Crippen LogP contribution >= 0.6 is 11.8 Å². The summed E-state index contributed by atoms with van der Waals surface area (Å²) in [6.07, 6.45) is 3.19. The van der Waals surface area contributed by atoms with E-state index in [4.69, 9.17) is 4.74 Å². The molecule has 0 aromatic heterocycles. The Morgan fingerprint density at radius 3 is 2.20 bits per heavy atom. The van der Waals surface area contributed by atoms with Crippen molar-refractivity contribution < 1.29 is 4.74 Å². The lowest BCUT2D eigenvalue weighted by Crippen LogP contribution is -2.37. The number of rotatable bonds is 4. The summed E-state index contributed by atoms with van der Waals surface area (Å²) in [5.74, 6) is 0.475. The Morgan fingerprint density at radius 1 is 1.20 bits per heavy atom. The first-order valence-corrected chi connectivity index (χ1v) is 8.53. The fraction of sp³-hybridized carbons (Fsp3) is 0.647. The maximum atomic E-state index is 6.25. The Balaban J connectivity index is 2.27. The topological polar surface area (TPSA) is 21.3 Å². The largest absolute Gasteiger partial charge is 0.369 e. The van der Waals surface area contributed by atoms with Crippen LogP contribution in [0.25, 0.3) is 0 Å². The predicted molar refractivity (Wildman–Crippen MR) is 87.4 cm³/mol. The minimum atomic E-state index is -0.102. The van der Waals surface area contributed by atoms with Gasteiger partial charge in [-0.05, 0) is 65.1 Å². The van der Waals surface area contributed by atoms with E-state index in [9.17, 15) is 0 Å². The van der Waals surface area contributed by atoms with Gasteiger partial charge in [-0.3, -0.25) is 0 Å². The highest BCUT2D eigenvalue weighted by molar-refractivity contribution is 7.98. The first kappa shape index (κ1) is 15.9. The number of hydrogen-bond acceptors (Lipinski definition) is 3. The van der Waals surface area contributed by atoms with Crippen LogP contribution in [-0.4, -0.2) is 24.5 Å². The molecule has 2 rings (SSSR count). The highest BCUT2D eigenvalue weighted by Crippen LogP contribution is 2.47. The van der Waals surface area contributed by atoms with E-state index < -0.39 is 0 Å². The van der Waals surface area contributed by atoms with Crippen molar-refractivity contribution in [2.75, 3.05) is 13.3 Å². The average molecular weight is 293 g/mol. The van der Waals surface area contributed by atoms with E-state index in [-0.39, 0.29) is 11.2 Å². The van der Waals surface area contributed by atoms with Gasteiger partial charge in [0.25, 0.3) is 0 Å². The normalized spacial score (nSPS) is 25.6. The Bertz CT molecular complexity index is 453. The Kier molecular flexibility index (Phi) is 4.53. The summed E-state index contributed by atoms with van der Waals surface area (Å²) >= 11 is 1.78. The summed E-state index contributed by atoms with van der Waals surface area (Å²) in [6.45, 7) is 8.82. The van der Waals surface area contributed by atoms with E-state index in [0.717, 1.165) is 6.42 Å². The van der Waals surface area contributed by atoms with Crippen molar-refractivity contribution in [3.63, 3.8) is 0 Å². The molecule has 1 fully saturated rings. The minimum Gasteiger partial charge on any atom is -0.369 e. The molecule has 112 valence electrons. The van der Waals surface area contributed by atoms with Gasteiger partial charge in [-0.25, -0.2) is 0 Å². The molecule has 3 heteroatoms. The van der Waals surface area contributed by atoms with Crippen molar-refractivity contribution in [1.82, 2.24) is 5.32 Å². The Labute approximate surface area is 127 Å². The van der Waals surface area contributed by atoms with Crippen molar-refractivity contribution >= 4 is 11.8 Å². The molecule has 0 bridgehead atoms. The molecule has 20 heavy (non-hydrogen) atoms. The van der Waals surface area contributed by atoms with Gasteiger partial charge in [-0.2, -0.15) is 0 Å². The van der Waals surface area contributed by atoms with Crippen molar-refractivity contribution in [3.05, 3.63) is 29.8 Å². The first-order valence-electron chi connectivity index (χ1n) is 7.30. The molecule has 0 spiro atoms. The van der Waals surface area contributed by atoms with E-state index in [0.29, 0.717) is 12.0 Å². The quantitative estimate of drug-likeness (QED) is 0.838. The zero-order valence-electron chi connectivity index (χ0n) is 13.5. The second kappa shape index (κ2) is 5.70. The van der Waals surface area contributed by atoms with Crippen molar-refractivity contribution in [1.29, 1.82) is 0 Å². The molecule has 0 amide bonds. The van der Waals surface area contributed by atoms with Gasteiger partial charge in [-0.15, -0.1) is 11.8 Å². The van der Waals surface area contributed by atoms with Gasteiger partial charge in [0.05, 0.1) is 11.2 Å². The molecule has 2 nitrogen and oxygen atoms in total. The molecule has 0 aliphatic carbocycles. The van der Waals surface area contributed by atoms with Gasteiger partial charge in [0.15, 0.2) is 0 Å². The average Bonchev–Trinajstić information content (AvgIpc) is 2.59. The summed E-state index contributed by atoms with van der Waals surface area (Å²) in [5.41, 5.74) is 1.21. The fourth-order valence-electron chi connectivity index (χ4n) is 3.54. The standard InChI is InChI=1S/C17H27NOS/c1-16(2)11-14(17(3,4)19-16)15(18-5)12-7-9-13(20-6)10-8-12/h7-10,14-15,18H,11H2,1-6H3. The third-order valence-electron chi connectivity index (χ3n) is 4.33. The van der Waals surface area contributed by atoms with Crippen LogP contribution < -0.4 is 5.32 Å². The van der Waals surface area contributed by atoms with Gasteiger partial charge >= 0.3 is 0 Å². The van der Waals surface area contributed by atoms with Crippen molar-refractivity contribution in [2.24, 2.45) is 5.92 Å². The maximum absolute atomic E-state index is 6.25. The van der Waals surface area contributed by atoms with E-state index >= 15 is 0 Å². The predicted octanol–water partition coefficient (Wildman–Crippen LogP) is 4.26. The zero-order valence-corrected chi connectivity index (χ0v) is 14.3. The molecule has 1 heterocycles. The summed E-state index contributed by atoms with van der Waals surface area (Å²) in [7, 11) is 2.05. The van der Waals surface area contributed by atoms with Crippen molar-refractivity contribution in [3.8, 4) is 0 Å². The molecule has 1 aliphatic heterocycles. The second-order valence-corrected chi connectivity index (χ2v) is 7.69.